The highest BCUT2D eigenvalue weighted by atomic mass is 79.9. The van der Waals surface area contributed by atoms with E-state index in [1.807, 2.05) is 49.6 Å². The highest BCUT2D eigenvalue weighted by molar-refractivity contribution is 9.10. The Morgan fingerprint density at radius 1 is 1.34 bits per heavy atom. The van der Waals surface area contributed by atoms with Gasteiger partial charge < -0.3 is 19.9 Å². The summed E-state index contributed by atoms with van der Waals surface area (Å²) < 4.78 is 8.26. The Hall–Kier alpha value is -2.55. The lowest BCUT2D eigenvalue weighted by Crippen LogP contribution is -2.59. The standard InChI is InChI=1S/C20H22BrN5O3/c1-19(2,3)29-18(28)26-16-20(23-17(26)22)9-6-10-24(20)15(27)14-13(21)11-7-4-5-8-12(11)25(14)16/h4-5,7-8,16H,6,9-10H2,1-3H3,(H2,22,23)/t16-,20-/m1/s1. The topological polar surface area (TPSA) is 93.2 Å². The fourth-order valence-corrected chi connectivity index (χ4v) is 5.45. The molecule has 1 aromatic carbocycles. The third-order valence-corrected chi connectivity index (χ3v) is 6.54. The smallest absolute Gasteiger partial charge is 0.419 e. The molecule has 1 saturated heterocycles. The quantitative estimate of drug-likeness (QED) is 0.652. The summed E-state index contributed by atoms with van der Waals surface area (Å²) in [4.78, 5) is 34.5. The summed E-state index contributed by atoms with van der Waals surface area (Å²) in [5, 5.41) is 0.904. The molecule has 2 N–H and O–H groups in total. The van der Waals surface area contributed by atoms with Gasteiger partial charge in [0.2, 0.25) is 5.96 Å². The van der Waals surface area contributed by atoms with Gasteiger partial charge in [-0.1, -0.05) is 18.2 Å². The van der Waals surface area contributed by atoms with Gasteiger partial charge in [-0.15, -0.1) is 0 Å². The number of benzene rings is 1. The van der Waals surface area contributed by atoms with E-state index in [1.165, 1.54) is 4.90 Å². The van der Waals surface area contributed by atoms with Gasteiger partial charge in [0.25, 0.3) is 5.91 Å². The molecule has 0 saturated carbocycles. The molecule has 3 aliphatic heterocycles. The van der Waals surface area contributed by atoms with Crippen LogP contribution in [-0.4, -0.2) is 50.1 Å². The predicted molar refractivity (Wildman–Crippen MR) is 111 cm³/mol. The van der Waals surface area contributed by atoms with Crippen molar-refractivity contribution in [3.05, 3.63) is 34.4 Å². The van der Waals surface area contributed by atoms with Gasteiger partial charge in [-0.3, -0.25) is 4.79 Å². The number of ether oxygens (including phenoxy) is 1. The number of rotatable bonds is 0. The second kappa shape index (κ2) is 5.75. The van der Waals surface area contributed by atoms with Crippen LogP contribution in [0.4, 0.5) is 4.79 Å². The van der Waals surface area contributed by atoms with Crippen LogP contribution in [0.3, 0.4) is 0 Å². The van der Waals surface area contributed by atoms with Crippen LogP contribution in [0.15, 0.2) is 33.7 Å². The second-order valence-corrected chi connectivity index (χ2v) is 9.48. The van der Waals surface area contributed by atoms with Crippen LogP contribution in [0.25, 0.3) is 10.9 Å². The summed E-state index contributed by atoms with van der Waals surface area (Å²) in [6.07, 6.45) is 0.263. The molecule has 0 aliphatic carbocycles. The number of carbonyl (C=O) groups excluding carboxylic acids is 2. The first-order valence-corrected chi connectivity index (χ1v) is 10.4. The molecule has 2 amide bonds. The molecule has 9 heteroatoms. The van der Waals surface area contributed by atoms with Crippen molar-refractivity contribution in [2.45, 2.75) is 51.0 Å². The number of nitrogens with zero attached hydrogens (tertiary/aromatic N) is 4. The van der Waals surface area contributed by atoms with Gasteiger partial charge >= 0.3 is 6.09 Å². The first-order valence-electron chi connectivity index (χ1n) is 9.64. The number of aliphatic imine (C=N–C) groups is 1. The van der Waals surface area contributed by atoms with Crippen molar-refractivity contribution in [2.75, 3.05) is 6.54 Å². The van der Waals surface area contributed by atoms with E-state index in [0.717, 1.165) is 17.3 Å². The number of amides is 2. The molecule has 1 fully saturated rings. The lowest BCUT2D eigenvalue weighted by molar-refractivity contribution is -0.00578. The fourth-order valence-electron chi connectivity index (χ4n) is 4.76. The number of hydrogen-bond donors (Lipinski definition) is 1. The van der Waals surface area contributed by atoms with Gasteiger partial charge in [-0.05, 0) is 55.6 Å². The molecule has 29 heavy (non-hydrogen) atoms. The number of para-hydroxylation sites is 1. The van der Waals surface area contributed by atoms with Gasteiger partial charge in [-0.2, -0.15) is 0 Å². The monoisotopic (exact) mass is 459 g/mol. The Kier molecular flexibility index (Phi) is 3.66. The first kappa shape index (κ1) is 18.5. The number of aromatic nitrogens is 1. The number of fused-ring (bicyclic) bond motifs is 4. The number of carbonyl (C=O) groups is 2. The minimum absolute atomic E-state index is 0.0747. The molecular formula is C20H22BrN5O3. The van der Waals surface area contributed by atoms with E-state index >= 15 is 0 Å². The summed E-state index contributed by atoms with van der Waals surface area (Å²) in [6.45, 7) is 6.00. The minimum atomic E-state index is -0.910. The van der Waals surface area contributed by atoms with Crippen LogP contribution in [0.2, 0.25) is 0 Å². The molecule has 2 atom stereocenters. The van der Waals surface area contributed by atoms with Crippen LogP contribution in [0.1, 0.15) is 50.3 Å². The SMILES string of the molecule is CC(C)(C)OC(=O)N1C(N)=N[C@]23CCCN2C(=O)c2c(Br)c4ccccc4n2[C@H]13. The number of guanidine groups is 1. The maximum atomic E-state index is 13.5. The first-order chi connectivity index (χ1) is 13.7. The molecule has 4 heterocycles. The van der Waals surface area contributed by atoms with Crippen molar-refractivity contribution >= 4 is 44.8 Å². The van der Waals surface area contributed by atoms with Crippen molar-refractivity contribution in [1.29, 1.82) is 0 Å². The highest BCUT2D eigenvalue weighted by Gasteiger charge is 2.63. The fraction of sp³-hybridized carbons (Fsp3) is 0.450. The van der Waals surface area contributed by atoms with Crippen molar-refractivity contribution in [3.8, 4) is 0 Å². The Morgan fingerprint density at radius 3 is 2.79 bits per heavy atom. The summed E-state index contributed by atoms with van der Waals surface area (Å²) >= 11 is 3.62. The van der Waals surface area contributed by atoms with Crippen molar-refractivity contribution < 1.29 is 14.3 Å². The number of nitrogens with two attached hydrogens (primary N) is 1. The van der Waals surface area contributed by atoms with Crippen LogP contribution < -0.4 is 5.73 Å². The van der Waals surface area contributed by atoms with Gasteiger partial charge in [-0.25, -0.2) is 14.7 Å². The average molecular weight is 460 g/mol. The molecule has 1 aromatic heterocycles. The van der Waals surface area contributed by atoms with Crippen LogP contribution in [-0.2, 0) is 4.74 Å². The van der Waals surface area contributed by atoms with E-state index in [-0.39, 0.29) is 11.9 Å². The van der Waals surface area contributed by atoms with E-state index < -0.39 is 23.5 Å². The molecule has 3 aliphatic rings. The van der Waals surface area contributed by atoms with Crippen LogP contribution >= 0.6 is 15.9 Å². The van der Waals surface area contributed by atoms with Gasteiger partial charge in [0.1, 0.15) is 11.3 Å². The predicted octanol–water partition coefficient (Wildman–Crippen LogP) is 3.41. The lowest BCUT2D eigenvalue weighted by atomic mass is 10.0. The zero-order valence-corrected chi connectivity index (χ0v) is 18.1. The third-order valence-electron chi connectivity index (χ3n) is 5.74. The molecule has 0 radical (unpaired) electrons. The molecule has 8 nitrogen and oxygen atoms in total. The molecule has 0 bridgehead atoms. The van der Waals surface area contributed by atoms with Gasteiger partial charge in [0.05, 0.1) is 9.99 Å². The second-order valence-electron chi connectivity index (χ2n) is 8.68. The van der Waals surface area contributed by atoms with Crippen molar-refractivity contribution in [1.82, 2.24) is 14.4 Å². The number of hydrogen-bond acceptors (Lipinski definition) is 5. The average Bonchev–Trinajstić information content (AvgIpc) is 3.26. The largest absolute Gasteiger partial charge is 0.443 e. The lowest BCUT2D eigenvalue weighted by Gasteiger charge is -2.44. The number of halogens is 1. The van der Waals surface area contributed by atoms with E-state index in [2.05, 4.69) is 15.9 Å². The molecular weight excluding hydrogens is 438 g/mol. The van der Waals surface area contributed by atoms with Gasteiger partial charge in [0, 0.05) is 11.9 Å². The molecule has 0 unspecified atom stereocenters. The highest BCUT2D eigenvalue weighted by Crippen LogP contribution is 2.52. The normalized spacial score (nSPS) is 25.7. The van der Waals surface area contributed by atoms with Crippen molar-refractivity contribution in [2.24, 2.45) is 10.7 Å². The van der Waals surface area contributed by atoms with Crippen LogP contribution in [0.5, 0.6) is 0 Å². The molecule has 152 valence electrons. The summed E-state index contributed by atoms with van der Waals surface area (Å²) in [5.74, 6) is -0.0323. The van der Waals surface area contributed by atoms with E-state index in [1.54, 1.807) is 4.90 Å². The van der Waals surface area contributed by atoms with Crippen molar-refractivity contribution in [3.63, 3.8) is 0 Å². The maximum Gasteiger partial charge on any atom is 0.419 e. The zero-order valence-electron chi connectivity index (χ0n) is 16.5. The molecule has 5 rings (SSSR count). The van der Waals surface area contributed by atoms with E-state index in [9.17, 15) is 9.59 Å². The van der Waals surface area contributed by atoms with Gasteiger partial charge in [0.15, 0.2) is 11.8 Å². The minimum Gasteiger partial charge on any atom is -0.443 e. The Balaban J connectivity index is 1.78. The van der Waals surface area contributed by atoms with Crippen LogP contribution in [0, 0.1) is 0 Å². The zero-order chi connectivity index (χ0) is 20.7. The Bertz CT molecular complexity index is 1100. The Morgan fingerprint density at radius 2 is 2.07 bits per heavy atom. The Labute approximate surface area is 176 Å². The maximum absolute atomic E-state index is 13.5. The van der Waals surface area contributed by atoms with E-state index in [0.29, 0.717) is 23.1 Å². The summed E-state index contributed by atoms with van der Waals surface area (Å²) in [5.41, 5.74) is 6.03. The molecule has 1 spiro atoms. The molecule has 2 aromatic rings. The summed E-state index contributed by atoms with van der Waals surface area (Å²) in [6, 6.07) is 7.73. The summed E-state index contributed by atoms with van der Waals surface area (Å²) in [7, 11) is 0. The van der Waals surface area contributed by atoms with E-state index in [4.69, 9.17) is 15.5 Å². The third kappa shape index (κ3) is 2.33.